The fraction of sp³-hybridized carbons (Fsp3) is 0.667. The molecule has 0 radical (unpaired) electrons. The SMILES string of the molecule is CCCNCc1cc2c(n(C3CC3)c1=O)CCC2. The lowest BCUT2D eigenvalue weighted by Crippen LogP contribution is -2.29. The number of nitrogens with zero attached hydrogens (tertiary/aromatic N) is 1. The molecule has 1 aromatic heterocycles. The Morgan fingerprint density at radius 3 is 2.94 bits per heavy atom. The molecular formula is C15H22N2O. The molecule has 3 rings (SSSR count). The minimum Gasteiger partial charge on any atom is -0.312 e. The van der Waals surface area contributed by atoms with Gasteiger partial charge in [-0.1, -0.05) is 6.92 Å². The second-order valence-electron chi connectivity index (χ2n) is 5.58. The molecule has 1 saturated carbocycles. The first kappa shape index (κ1) is 12.0. The summed E-state index contributed by atoms with van der Waals surface area (Å²) in [5, 5.41) is 3.36. The van der Waals surface area contributed by atoms with Gasteiger partial charge in [0, 0.05) is 23.8 Å². The maximum Gasteiger partial charge on any atom is 0.255 e. The van der Waals surface area contributed by atoms with Gasteiger partial charge in [0.1, 0.15) is 0 Å². The lowest BCUT2D eigenvalue weighted by atomic mass is 10.1. The van der Waals surface area contributed by atoms with E-state index in [4.69, 9.17) is 0 Å². The van der Waals surface area contributed by atoms with Crippen LogP contribution in [-0.2, 0) is 19.4 Å². The van der Waals surface area contributed by atoms with Crippen molar-refractivity contribution in [3.63, 3.8) is 0 Å². The molecule has 0 bridgehead atoms. The Morgan fingerprint density at radius 1 is 1.39 bits per heavy atom. The van der Waals surface area contributed by atoms with E-state index >= 15 is 0 Å². The molecule has 3 nitrogen and oxygen atoms in total. The van der Waals surface area contributed by atoms with Gasteiger partial charge >= 0.3 is 0 Å². The highest BCUT2D eigenvalue weighted by Gasteiger charge is 2.30. The molecule has 0 aliphatic heterocycles. The van der Waals surface area contributed by atoms with E-state index in [2.05, 4.69) is 22.9 Å². The first-order chi connectivity index (χ1) is 8.81. The zero-order chi connectivity index (χ0) is 12.5. The first-order valence-electron chi connectivity index (χ1n) is 7.28. The van der Waals surface area contributed by atoms with Crippen LogP contribution in [0.5, 0.6) is 0 Å². The maximum atomic E-state index is 12.5. The number of hydrogen-bond acceptors (Lipinski definition) is 2. The maximum absolute atomic E-state index is 12.5. The fourth-order valence-corrected chi connectivity index (χ4v) is 2.98. The molecule has 1 N–H and O–H groups in total. The van der Waals surface area contributed by atoms with E-state index in [0.717, 1.165) is 37.9 Å². The fourth-order valence-electron chi connectivity index (χ4n) is 2.98. The third-order valence-corrected chi connectivity index (χ3v) is 4.02. The molecule has 3 heteroatoms. The second kappa shape index (κ2) is 4.88. The van der Waals surface area contributed by atoms with Gasteiger partial charge in [0.05, 0.1) is 0 Å². The van der Waals surface area contributed by atoms with Crippen molar-refractivity contribution in [1.82, 2.24) is 9.88 Å². The number of nitrogens with one attached hydrogen (secondary N) is 1. The van der Waals surface area contributed by atoms with E-state index in [9.17, 15) is 4.79 Å². The van der Waals surface area contributed by atoms with Crippen LogP contribution in [0.15, 0.2) is 10.9 Å². The number of pyridine rings is 1. The summed E-state index contributed by atoms with van der Waals surface area (Å²) < 4.78 is 2.12. The number of hydrogen-bond donors (Lipinski definition) is 1. The lowest BCUT2D eigenvalue weighted by Gasteiger charge is -2.14. The molecule has 0 amide bonds. The van der Waals surface area contributed by atoms with Crippen molar-refractivity contribution in [2.24, 2.45) is 0 Å². The summed E-state index contributed by atoms with van der Waals surface area (Å²) >= 11 is 0. The number of aromatic nitrogens is 1. The molecule has 2 aliphatic carbocycles. The van der Waals surface area contributed by atoms with E-state index in [1.54, 1.807) is 0 Å². The predicted octanol–water partition coefficient (Wildman–Crippen LogP) is 2.17. The predicted molar refractivity (Wildman–Crippen MR) is 73.0 cm³/mol. The Bertz CT molecular complexity index is 500. The molecule has 1 heterocycles. The molecule has 2 aliphatic rings. The minimum atomic E-state index is 0.266. The van der Waals surface area contributed by atoms with Crippen LogP contribution in [0.2, 0.25) is 0 Å². The molecule has 98 valence electrons. The normalized spacial score (nSPS) is 18.1. The first-order valence-corrected chi connectivity index (χ1v) is 7.28. The van der Waals surface area contributed by atoms with E-state index in [0.29, 0.717) is 6.04 Å². The molecule has 1 aromatic rings. The summed E-state index contributed by atoms with van der Waals surface area (Å²) in [5.41, 5.74) is 3.99. The van der Waals surface area contributed by atoms with Gasteiger partial charge in [-0.2, -0.15) is 0 Å². The summed E-state index contributed by atoms with van der Waals surface area (Å²) in [6.45, 7) is 3.87. The molecule has 0 unspecified atom stereocenters. The summed E-state index contributed by atoms with van der Waals surface area (Å²) in [4.78, 5) is 12.5. The third-order valence-electron chi connectivity index (χ3n) is 4.02. The lowest BCUT2D eigenvalue weighted by molar-refractivity contribution is 0.629. The molecule has 1 fully saturated rings. The highest BCUT2D eigenvalue weighted by atomic mass is 16.1. The summed E-state index contributed by atoms with van der Waals surface area (Å²) in [5.74, 6) is 0. The highest BCUT2D eigenvalue weighted by Crippen LogP contribution is 2.37. The average Bonchev–Trinajstić information content (AvgIpc) is 3.09. The van der Waals surface area contributed by atoms with Crippen molar-refractivity contribution < 1.29 is 0 Å². The van der Waals surface area contributed by atoms with Crippen molar-refractivity contribution in [2.45, 2.75) is 58.0 Å². The van der Waals surface area contributed by atoms with E-state index < -0.39 is 0 Å². The van der Waals surface area contributed by atoms with Crippen molar-refractivity contribution in [3.05, 3.63) is 33.2 Å². The summed E-state index contributed by atoms with van der Waals surface area (Å²) in [7, 11) is 0. The van der Waals surface area contributed by atoms with E-state index in [-0.39, 0.29) is 5.56 Å². The number of fused-ring (bicyclic) bond motifs is 1. The molecular weight excluding hydrogens is 224 g/mol. The largest absolute Gasteiger partial charge is 0.312 e. The van der Waals surface area contributed by atoms with Crippen LogP contribution in [-0.4, -0.2) is 11.1 Å². The number of rotatable bonds is 5. The quantitative estimate of drug-likeness (QED) is 0.808. The van der Waals surface area contributed by atoms with Gasteiger partial charge in [-0.05, 0) is 56.7 Å². The Balaban J connectivity index is 1.94. The highest BCUT2D eigenvalue weighted by molar-refractivity contribution is 5.31. The number of aryl methyl sites for hydroxylation is 1. The van der Waals surface area contributed by atoms with Gasteiger partial charge in [0.25, 0.3) is 5.56 Å². The third kappa shape index (κ3) is 2.12. The van der Waals surface area contributed by atoms with Gasteiger partial charge < -0.3 is 9.88 Å². The van der Waals surface area contributed by atoms with E-state index in [1.165, 1.54) is 30.5 Å². The monoisotopic (exact) mass is 246 g/mol. The van der Waals surface area contributed by atoms with Gasteiger partial charge in [-0.25, -0.2) is 0 Å². The Labute approximate surface area is 108 Å². The van der Waals surface area contributed by atoms with Crippen molar-refractivity contribution >= 4 is 0 Å². The van der Waals surface area contributed by atoms with Crippen LogP contribution in [0.4, 0.5) is 0 Å². The Morgan fingerprint density at radius 2 is 2.22 bits per heavy atom. The average molecular weight is 246 g/mol. The molecule has 0 atom stereocenters. The minimum absolute atomic E-state index is 0.266. The zero-order valence-electron chi connectivity index (χ0n) is 11.2. The molecule has 0 aromatic carbocycles. The van der Waals surface area contributed by atoms with Crippen molar-refractivity contribution in [1.29, 1.82) is 0 Å². The van der Waals surface area contributed by atoms with Gasteiger partial charge in [-0.15, -0.1) is 0 Å². The van der Waals surface area contributed by atoms with Crippen LogP contribution in [0.1, 0.15) is 55.5 Å². The standard InChI is InChI=1S/C15H22N2O/c1-2-8-16-10-12-9-11-4-3-5-14(11)17(15(12)18)13-6-7-13/h9,13,16H,2-8,10H2,1H3. The molecule has 0 spiro atoms. The topological polar surface area (TPSA) is 34.0 Å². The van der Waals surface area contributed by atoms with Crippen LogP contribution >= 0.6 is 0 Å². The smallest absolute Gasteiger partial charge is 0.255 e. The van der Waals surface area contributed by atoms with Crippen LogP contribution in [0, 0.1) is 0 Å². The summed E-state index contributed by atoms with van der Waals surface area (Å²) in [6, 6.07) is 2.67. The molecule has 18 heavy (non-hydrogen) atoms. The van der Waals surface area contributed by atoms with Gasteiger partial charge in [-0.3, -0.25) is 4.79 Å². The van der Waals surface area contributed by atoms with Crippen molar-refractivity contribution in [2.75, 3.05) is 6.54 Å². The van der Waals surface area contributed by atoms with Gasteiger partial charge in [0.15, 0.2) is 0 Å². The van der Waals surface area contributed by atoms with Crippen molar-refractivity contribution in [3.8, 4) is 0 Å². The second-order valence-corrected chi connectivity index (χ2v) is 5.58. The summed E-state index contributed by atoms with van der Waals surface area (Å²) in [6.07, 6.45) is 6.97. The van der Waals surface area contributed by atoms with Crippen LogP contribution < -0.4 is 10.9 Å². The Kier molecular flexibility index (Phi) is 3.25. The molecule has 0 saturated heterocycles. The Hall–Kier alpha value is -1.09. The zero-order valence-corrected chi connectivity index (χ0v) is 11.2. The van der Waals surface area contributed by atoms with Crippen LogP contribution in [0.25, 0.3) is 0 Å². The van der Waals surface area contributed by atoms with Crippen LogP contribution in [0.3, 0.4) is 0 Å². The van der Waals surface area contributed by atoms with E-state index in [1.807, 2.05) is 0 Å². The van der Waals surface area contributed by atoms with Gasteiger partial charge in [0.2, 0.25) is 0 Å².